The topological polar surface area (TPSA) is 41.5 Å². The smallest absolute Gasteiger partial charge is 0.236 e. The minimum absolute atomic E-state index is 0.165. The van der Waals surface area contributed by atoms with E-state index in [-0.39, 0.29) is 5.91 Å². The van der Waals surface area contributed by atoms with E-state index in [4.69, 9.17) is 0 Å². The number of halogens is 1. The predicted octanol–water partition coefficient (Wildman–Crippen LogP) is 1.76. The fraction of sp³-hybridized carbons (Fsp3) is 0.111. The van der Waals surface area contributed by atoms with Gasteiger partial charge in [0.15, 0.2) is 0 Å². The molecule has 0 aliphatic carbocycles. The number of carbonyl (C=O) groups is 1. The van der Waals surface area contributed by atoms with Gasteiger partial charge in [0.2, 0.25) is 5.91 Å². The van der Waals surface area contributed by atoms with E-state index in [1.165, 1.54) is 6.92 Å². The van der Waals surface area contributed by atoms with Crippen LogP contribution in [-0.4, -0.2) is 12.1 Å². The van der Waals surface area contributed by atoms with Gasteiger partial charge >= 0.3 is 0 Å². The Bertz CT molecular complexity index is 336. The Kier molecular flexibility index (Phi) is 3.88. The van der Waals surface area contributed by atoms with Crippen molar-refractivity contribution in [1.29, 1.82) is 0 Å². The summed E-state index contributed by atoms with van der Waals surface area (Å²) >= 11 is 2.22. The summed E-state index contributed by atoms with van der Waals surface area (Å²) in [7, 11) is 0. The van der Waals surface area contributed by atoms with Gasteiger partial charge in [0.1, 0.15) is 0 Å². The van der Waals surface area contributed by atoms with Gasteiger partial charge in [0.25, 0.3) is 0 Å². The van der Waals surface area contributed by atoms with E-state index >= 15 is 0 Å². The molecule has 0 radical (unpaired) electrons. The maximum absolute atomic E-state index is 10.5. The van der Waals surface area contributed by atoms with Gasteiger partial charge in [-0.15, -0.1) is 0 Å². The number of carbonyl (C=O) groups excluding carboxylic acids is 1. The van der Waals surface area contributed by atoms with E-state index in [9.17, 15) is 4.79 Å². The summed E-state index contributed by atoms with van der Waals surface area (Å²) in [6, 6.07) is 7.84. The van der Waals surface area contributed by atoms with Crippen molar-refractivity contribution in [3.05, 3.63) is 33.4 Å². The lowest BCUT2D eigenvalue weighted by Gasteiger charge is -1.94. The highest BCUT2D eigenvalue weighted by Gasteiger charge is 1.89. The molecule has 0 atom stereocenters. The Morgan fingerprint density at radius 2 is 2.38 bits per heavy atom. The molecule has 0 aliphatic heterocycles. The highest BCUT2D eigenvalue weighted by molar-refractivity contribution is 14.1. The SMILES string of the molecule is CC(=O)N/N=C/c1cccc(I)c1. The van der Waals surface area contributed by atoms with E-state index in [2.05, 4.69) is 33.1 Å². The Morgan fingerprint density at radius 1 is 1.62 bits per heavy atom. The van der Waals surface area contributed by atoms with Gasteiger partial charge in [-0.25, -0.2) is 5.43 Å². The number of hydrogen-bond donors (Lipinski definition) is 1. The quantitative estimate of drug-likeness (QED) is 0.503. The third-order valence-corrected chi connectivity index (χ3v) is 1.96. The van der Waals surface area contributed by atoms with Crippen molar-refractivity contribution in [2.75, 3.05) is 0 Å². The summed E-state index contributed by atoms with van der Waals surface area (Å²) in [5.41, 5.74) is 3.31. The molecule has 13 heavy (non-hydrogen) atoms. The molecule has 0 bridgehead atoms. The lowest BCUT2D eigenvalue weighted by atomic mass is 10.2. The fourth-order valence-corrected chi connectivity index (χ4v) is 1.35. The first-order valence-corrected chi connectivity index (χ1v) is 4.81. The second-order valence-electron chi connectivity index (χ2n) is 2.48. The molecule has 0 saturated carbocycles. The van der Waals surface area contributed by atoms with Crippen LogP contribution in [0, 0.1) is 3.57 Å². The van der Waals surface area contributed by atoms with Crippen LogP contribution in [0.15, 0.2) is 29.4 Å². The summed E-state index contributed by atoms with van der Waals surface area (Å²) in [5.74, 6) is -0.165. The number of hydrogen-bond acceptors (Lipinski definition) is 2. The lowest BCUT2D eigenvalue weighted by molar-refractivity contribution is -0.118. The van der Waals surface area contributed by atoms with E-state index in [0.717, 1.165) is 9.13 Å². The summed E-state index contributed by atoms with van der Waals surface area (Å²) in [5, 5.41) is 3.75. The van der Waals surface area contributed by atoms with Gasteiger partial charge in [0, 0.05) is 10.5 Å². The van der Waals surface area contributed by atoms with Crippen molar-refractivity contribution in [3.8, 4) is 0 Å². The third kappa shape index (κ3) is 4.02. The fourth-order valence-electron chi connectivity index (χ4n) is 0.785. The molecule has 1 N–H and O–H groups in total. The van der Waals surface area contributed by atoms with Crippen LogP contribution in [0.25, 0.3) is 0 Å². The molecule has 0 saturated heterocycles. The zero-order valence-electron chi connectivity index (χ0n) is 7.12. The number of amides is 1. The third-order valence-electron chi connectivity index (χ3n) is 1.28. The molecule has 4 heteroatoms. The first-order valence-electron chi connectivity index (χ1n) is 3.73. The van der Waals surface area contributed by atoms with Gasteiger partial charge < -0.3 is 0 Å². The van der Waals surface area contributed by atoms with Gasteiger partial charge in [-0.3, -0.25) is 4.79 Å². The van der Waals surface area contributed by atoms with Crippen LogP contribution in [0.1, 0.15) is 12.5 Å². The molecule has 3 nitrogen and oxygen atoms in total. The summed E-state index contributed by atoms with van der Waals surface area (Å²) in [6.45, 7) is 1.42. The molecule has 0 unspecified atom stereocenters. The minimum atomic E-state index is -0.165. The molecule has 0 aromatic heterocycles. The van der Waals surface area contributed by atoms with Gasteiger partial charge in [-0.05, 0) is 40.3 Å². The molecular weight excluding hydrogens is 279 g/mol. The molecule has 0 spiro atoms. The normalized spacial score (nSPS) is 10.3. The number of nitrogens with one attached hydrogen (secondary N) is 1. The molecule has 0 fully saturated rings. The maximum atomic E-state index is 10.5. The maximum Gasteiger partial charge on any atom is 0.236 e. The monoisotopic (exact) mass is 288 g/mol. The van der Waals surface area contributed by atoms with Crippen LogP contribution in [-0.2, 0) is 4.79 Å². The number of rotatable bonds is 2. The highest BCUT2D eigenvalue weighted by atomic mass is 127. The average Bonchev–Trinajstić information content (AvgIpc) is 2.03. The van der Waals surface area contributed by atoms with Gasteiger partial charge in [0.05, 0.1) is 6.21 Å². The van der Waals surface area contributed by atoms with Crippen molar-refractivity contribution in [2.24, 2.45) is 5.10 Å². The number of hydrazone groups is 1. The highest BCUT2D eigenvalue weighted by Crippen LogP contribution is 2.05. The van der Waals surface area contributed by atoms with Crippen LogP contribution in [0.3, 0.4) is 0 Å². The van der Waals surface area contributed by atoms with E-state index in [1.54, 1.807) is 6.21 Å². The molecule has 1 rings (SSSR count). The first-order chi connectivity index (χ1) is 6.18. The van der Waals surface area contributed by atoms with Crippen LogP contribution < -0.4 is 5.43 Å². The molecule has 0 aliphatic rings. The predicted molar refractivity (Wildman–Crippen MR) is 60.6 cm³/mol. The standard InChI is InChI=1S/C9H9IN2O/c1-7(13)12-11-6-8-3-2-4-9(10)5-8/h2-6H,1H3,(H,12,13)/b11-6+. The van der Waals surface area contributed by atoms with Gasteiger partial charge in [-0.2, -0.15) is 5.10 Å². The second kappa shape index (κ2) is 4.96. The Morgan fingerprint density at radius 3 is 3.00 bits per heavy atom. The van der Waals surface area contributed by atoms with Crippen LogP contribution >= 0.6 is 22.6 Å². The van der Waals surface area contributed by atoms with E-state index < -0.39 is 0 Å². The average molecular weight is 288 g/mol. The van der Waals surface area contributed by atoms with Crippen molar-refractivity contribution in [2.45, 2.75) is 6.92 Å². The summed E-state index contributed by atoms with van der Waals surface area (Å²) < 4.78 is 1.14. The molecular formula is C9H9IN2O. The zero-order valence-corrected chi connectivity index (χ0v) is 9.28. The lowest BCUT2D eigenvalue weighted by Crippen LogP contribution is -2.12. The molecule has 68 valence electrons. The Hall–Kier alpha value is -0.910. The van der Waals surface area contributed by atoms with E-state index in [0.29, 0.717) is 0 Å². The van der Waals surface area contributed by atoms with Crippen LogP contribution in [0.4, 0.5) is 0 Å². The number of nitrogens with zero attached hydrogens (tertiary/aromatic N) is 1. The summed E-state index contributed by atoms with van der Waals surface area (Å²) in [4.78, 5) is 10.5. The number of benzene rings is 1. The molecule has 1 aromatic carbocycles. The van der Waals surface area contributed by atoms with Crippen molar-refractivity contribution in [1.82, 2.24) is 5.43 Å². The van der Waals surface area contributed by atoms with Crippen molar-refractivity contribution in [3.63, 3.8) is 0 Å². The Balaban J connectivity index is 2.63. The van der Waals surface area contributed by atoms with Crippen LogP contribution in [0.2, 0.25) is 0 Å². The van der Waals surface area contributed by atoms with Crippen molar-refractivity contribution < 1.29 is 4.79 Å². The summed E-state index contributed by atoms with van der Waals surface area (Å²) in [6.07, 6.45) is 1.61. The largest absolute Gasteiger partial charge is 0.274 e. The van der Waals surface area contributed by atoms with Crippen LogP contribution in [0.5, 0.6) is 0 Å². The molecule has 0 heterocycles. The Labute approximate surface area is 90.4 Å². The molecule has 1 aromatic rings. The first kappa shape index (κ1) is 10.2. The zero-order chi connectivity index (χ0) is 9.68. The molecule has 1 amide bonds. The second-order valence-corrected chi connectivity index (χ2v) is 3.73. The minimum Gasteiger partial charge on any atom is -0.274 e. The van der Waals surface area contributed by atoms with E-state index in [1.807, 2.05) is 24.3 Å². The van der Waals surface area contributed by atoms with Crippen molar-refractivity contribution >= 4 is 34.7 Å². The van der Waals surface area contributed by atoms with Gasteiger partial charge in [-0.1, -0.05) is 12.1 Å².